The quantitative estimate of drug-likeness (QED) is 0.0881. The van der Waals surface area contributed by atoms with Crippen LogP contribution < -0.4 is 0 Å². The lowest BCUT2D eigenvalue weighted by Crippen LogP contribution is -2.71. The first kappa shape index (κ1) is 50.2. The Hall–Kier alpha value is -4.82. The average molecular weight is 912 g/mol. The summed E-state index contributed by atoms with van der Waals surface area (Å²) in [4.78, 5) is 80.1. The van der Waals surface area contributed by atoms with Crippen molar-refractivity contribution in [2.75, 3.05) is 13.2 Å². The van der Waals surface area contributed by atoms with E-state index in [2.05, 4.69) is 0 Å². The molecule has 0 radical (unpaired) electrons. The molecule has 2 saturated heterocycles. The molecule has 3 aliphatic heterocycles. The molecule has 10 atom stereocenters. The monoisotopic (exact) mass is 911 g/mol. The second-order valence-electron chi connectivity index (χ2n) is 17.6. The van der Waals surface area contributed by atoms with E-state index in [1.54, 1.807) is 13.8 Å². The van der Waals surface area contributed by atoms with Crippen molar-refractivity contribution < 1.29 is 75.8 Å². The summed E-state index contributed by atoms with van der Waals surface area (Å²) in [6, 6.07) is 17.3. The third-order valence-corrected chi connectivity index (χ3v) is 16.1. The normalized spacial score (nSPS) is 27.6. The Labute approximate surface area is 375 Å². The van der Waals surface area contributed by atoms with Gasteiger partial charge in [-0.05, 0) is 43.1 Å². The summed E-state index contributed by atoms with van der Waals surface area (Å²) in [5, 5.41) is -0.403. The lowest BCUT2D eigenvalue weighted by Gasteiger charge is -2.52. The number of ether oxygens (including phenoxy) is 9. The summed E-state index contributed by atoms with van der Waals surface area (Å²) >= 11 is 0. The molecule has 64 heavy (non-hydrogen) atoms. The molecule has 0 unspecified atom stereocenters. The number of esters is 4. The van der Waals surface area contributed by atoms with E-state index in [1.165, 1.54) is 0 Å². The Kier molecular flexibility index (Phi) is 16.8. The zero-order chi connectivity index (χ0) is 47.1. The minimum Gasteiger partial charge on any atom is -0.463 e. The van der Waals surface area contributed by atoms with Gasteiger partial charge in [0.15, 0.2) is 39.2 Å². The Morgan fingerprint density at radius 2 is 1.11 bits per heavy atom. The van der Waals surface area contributed by atoms with Crippen LogP contribution in [0, 0.1) is 0 Å². The summed E-state index contributed by atoms with van der Waals surface area (Å²) in [5.41, 5.74) is 2.02. The van der Waals surface area contributed by atoms with Gasteiger partial charge in [0.2, 0.25) is 0 Å². The van der Waals surface area contributed by atoms with Gasteiger partial charge in [0.1, 0.15) is 37.1 Å². The van der Waals surface area contributed by atoms with Gasteiger partial charge in [0.05, 0.1) is 19.8 Å². The molecule has 0 bridgehead atoms. The predicted octanol–water partition coefficient (Wildman–Crippen LogP) is 5.08. The largest absolute Gasteiger partial charge is 0.463 e. The zero-order valence-corrected chi connectivity index (χ0v) is 39.4. The van der Waals surface area contributed by atoms with Crippen molar-refractivity contribution in [3.8, 4) is 0 Å². The summed E-state index contributed by atoms with van der Waals surface area (Å²) in [5.74, 6) is -4.48. The van der Waals surface area contributed by atoms with E-state index in [4.69, 9.17) is 47.1 Å². The summed E-state index contributed by atoms with van der Waals surface area (Å²) in [6.45, 7) is 17.2. The highest BCUT2D eigenvalue weighted by molar-refractivity contribution is 6.74. The number of carbonyl (C=O) groups excluding carboxylic acids is 6. The van der Waals surface area contributed by atoms with Crippen LogP contribution in [0.15, 0.2) is 71.8 Å². The van der Waals surface area contributed by atoms with Crippen LogP contribution in [0.2, 0.25) is 18.1 Å². The smallest absolute Gasteiger partial charge is 0.303 e. The van der Waals surface area contributed by atoms with Crippen LogP contribution >= 0.6 is 0 Å². The van der Waals surface area contributed by atoms with Crippen LogP contribution in [0.4, 0.5) is 0 Å². The van der Waals surface area contributed by atoms with E-state index in [0.717, 1.165) is 43.7 Å². The lowest BCUT2D eigenvalue weighted by atomic mass is 9.93. The molecule has 0 N–H and O–H groups in total. The van der Waals surface area contributed by atoms with Crippen molar-refractivity contribution in [2.24, 2.45) is 0 Å². The van der Waals surface area contributed by atoms with Crippen molar-refractivity contribution in [3.05, 3.63) is 82.9 Å². The molecule has 0 saturated carbocycles. The number of imide groups is 1. The number of benzene rings is 2. The second kappa shape index (κ2) is 21.4. The van der Waals surface area contributed by atoms with Gasteiger partial charge in [0.25, 0.3) is 11.8 Å². The topological polar surface area (TPSA) is 198 Å². The molecular weight excluding hydrogens is 851 g/mol. The highest BCUT2D eigenvalue weighted by Crippen LogP contribution is 2.43. The molecule has 3 aliphatic rings. The molecule has 0 aromatic heterocycles. The molecule has 350 valence electrons. The van der Waals surface area contributed by atoms with Crippen LogP contribution in [-0.4, -0.2) is 123 Å². The third-order valence-electron chi connectivity index (χ3n) is 11.7. The van der Waals surface area contributed by atoms with Crippen molar-refractivity contribution in [1.29, 1.82) is 0 Å². The number of nitrogens with zero attached hydrogens (tertiary/aromatic N) is 1. The minimum atomic E-state index is -2.85. The van der Waals surface area contributed by atoms with E-state index < -0.39 is 117 Å². The highest BCUT2D eigenvalue weighted by atomic mass is 28.4. The van der Waals surface area contributed by atoms with Gasteiger partial charge >= 0.3 is 23.9 Å². The van der Waals surface area contributed by atoms with Crippen LogP contribution in [0.1, 0.15) is 73.4 Å². The van der Waals surface area contributed by atoms with Gasteiger partial charge in [-0.1, -0.05) is 81.4 Å². The van der Waals surface area contributed by atoms with Gasteiger partial charge in [-0.25, -0.2) is 0 Å². The summed E-state index contributed by atoms with van der Waals surface area (Å²) in [7, 11) is -2.85. The molecule has 18 heteroatoms. The number of amides is 2. The molecule has 0 aliphatic carbocycles. The lowest BCUT2D eigenvalue weighted by molar-refractivity contribution is -0.351. The number of rotatable bonds is 17. The SMILES string of the molecule is CC(=O)OC[C@H]1O[C@@H](O[C@H]2[C@H](OCc3ccccc3)[C@@H](COCc3ccccc3)O[C@@H](O[Si](C)(C)C(C)(C)C)[C@@H]2N2C(=O)C(C)=C(C)C2=O)[C@H](OC(C)=O)[C@@H](OC(C)=O)[C@H]1OC(C)=O. The third kappa shape index (κ3) is 12.3. The molecular formula is C46H61NO16Si. The maximum absolute atomic E-state index is 14.4. The average Bonchev–Trinajstić information content (AvgIpc) is 3.40. The maximum atomic E-state index is 14.4. The standard InChI is InChI=1S/C46H61NO16Si/c1-26-27(2)43(53)47(42(26)52)36-39(62-45-41(59-31(6)51)40(58-30(5)50)38(57-29(4)49)35(61-45)25-55-28(3)48)37(56-23-33-20-16-13-17-21-33)34(24-54-22-32-18-14-12-15-19-32)60-44(36)63-64(10,11)46(7,8)9/h12-21,34-41,44-45H,22-25H2,1-11H3/t34-,35-,36-,37-,38+,39-,40+,41-,44+,45+/m1/s1. The van der Waals surface area contributed by atoms with Gasteiger partial charge in [-0.3, -0.25) is 33.7 Å². The van der Waals surface area contributed by atoms with Crippen molar-refractivity contribution in [2.45, 2.75) is 155 Å². The van der Waals surface area contributed by atoms with Crippen LogP contribution in [0.5, 0.6) is 0 Å². The van der Waals surface area contributed by atoms with Gasteiger partial charge in [0, 0.05) is 38.8 Å². The summed E-state index contributed by atoms with van der Waals surface area (Å²) in [6.07, 6.45) is -12.8. The van der Waals surface area contributed by atoms with Crippen LogP contribution in [-0.2, 0) is 89.0 Å². The molecule has 17 nitrogen and oxygen atoms in total. The van der Waals surface area contributed by atoms with E-state index in [0.29, 0.717) is 0 Å². The van der Waals surface area contributed by atoms with Crippen LogP contribution in [0.3, 0.4) is 0 Å². The maximum Gasteiger partial charge on any atom is 0.303 e. The van der Waals surface area contributed by atoms with Crippen molar-refractivity contribution in [3.63, 3.8) is 0 Å². The first-order chi connectivity index (χ1) is 30.1. The Morgan fingerprint density at radius 1 is 0.625 bits per heavy atom. The van der Waals surface area contributed by atoms with Crippen molar-refractivity contribution in [1.82, 2.24) is 4.90 Å². The number of hydrogen-bond donors (Lipinski definition) is 0. The van der Waals surface area contributed by atoms with E-state index in [-0.39, 0.29) is 31.0 Å². The molecule has 2 aromatic rings. The number of carbonyl (C=O) groups is 6. The van der Waals surface area contributed by atoms with Crippen molar-refractivity contribution >= 4 is 44.0 Å². The second-order valence-corrected chi connectivity index (χ2v) is 22.3. The molecule has 2 amide bonds. The fourth-order valence-corrected chi connectivity index (χ4v) is 8.48. The first-order valence-corrected chi connectivity index (χ1v) is 24.1. The highest BCUT2D eigenvalue weighted by Gasteiger charge is 2.60. The molecule has 5 rings (SSSR count). The van der Waals surface area contributed by atoms with Gasteiger partial charge in [-0.15, -0.1) is 0 Å². The fraction of sp³-hybridized carbons (Fsp3) is 0.565. The molecule has 2 aromatic carbocycles. The molecule has 0 spiro atoms. The number of hydrogen-bond acceptors (Lipinski definition) is 16. The molecule has 3 heterocycles. The zero-order valence-electron chi connectivity index (χ0n) is 38.4. The Morgan fingerprint density at radius 3 is 1.62 bits per heavy atom. The van der Waals surface area contributed by atoms with Gasteiger partial charge in [-0.2, -0.15) is 0 Å². The predicted molar refractivity (Wildman–Crippen MR) is 229 cm³/mol. The van der Waals surface area contributed by atoms with E-state index in [1.807, 2.05) is 94.5 Å². The fourth-order valence-electron chi connectivity index (χ4n) is 7.35. The summed E-state index contributed by atoms with van der Waals surface area (Å²) < 4.78 is 62.9. The minimum absolute atomic E-state index is 0.0127. The first-order valence-electron chi connectivity index (χ1n) is 21.2. The van der Waals surface area contributed by atoms with Gasteiger partial charge < -0.3 is 47.1 Å². The van der Waals surface area contributed by atoms with Crippen LogP contribution in [0.25, 0.3) is 0 Å². The molecule has 2 fully saturated rings. The van der Waals surface area contributed by atoms with E-state index in [9.17, 15) is 28.8 Å². The Balaban J connectivity index is 1.72. The Bertz CT molecular complexity index is 2000. The van der Waals surface area contributed by atoms with E-state index >= 15 is 0 Å².